The molecule has 342 valence electrons. The van der Waals surface area contributed by atoms with Gasteiger partial charge in [-0.2, -0.15) is 10.1 Å². The molecule has 0 aliphatic carbocycles. The molecular formula is C50H83ClN2O7. The van der Waals surface area contributed by atoms with Gasteiger partial charge in [0.2, 0.25) is 11.5 Å². The first-order valence-electron chi connectivity index (χ1n) is 24.1. The molecule has 2 rings (SSSR count). The largest absolute Gasteiger partial charge is 0.490 e. The van der Waals surface area contributed by atoms with Crippen LogP contribution in [0.4, 0.5) is 10.5 Å². The number of halogens is 1. The van der Waals surface area contributed by atoms with Crippen LogP contribution in [0.3, 0.4) is 0 Å². The fourth-order valence-corrected chi connectivity index (χ4v) is 6.80. The number of carbonyl (C=O) groups excluding carboxylic acids is 1. The molecular weight excluding hydrogens is 776 g/mol. The quantitative estimate of drug-likeness (QED) is 0.0217. The van der Waals surface area contributed by atoms with Gasteiger partial charge in [0, 0.05) is 17.7 Å². The highest BCUT2D eigenvalue weighted by Crippen LogP contribution is 2.43. The van der Waals surface area contributed by atoms with Crippen molar-refractivity contribution in [2.45, 2.75) is 196 Å². The lowest BCUT2D eigenvalue weighted by Gasteiger charge is -2.21. The number of rotatable bonds is 39. The third kappa shape index (κ3) is 22.5. The molecule has 0 unspecified atom stereocenters. The number of benzene rings is 2. The standard InChI is InChI=1S/C50H83ClN2O7/c1-7-13-19-25-31-55-44-37-42(38-45(56-32-26-20-14-8-2)48(44)59-35-29-23-17-11-5)41-52-53(50(51)54)43-39-46(57-33-27-21-15-9-3)49(60-36-30-24-18-12-6)47(40-43)58-34-28-22-16-10-4/h37-41H,7-36H2,1-6H3/b52-41+. The van der Waals surface area contributed by atoms with E-state index in [1.807, 2.05) is 12.1 Å². The molecule has 0 atom stereocenters. The summed E-state index contributed by atoms with van der Waals surface area (Å²) < 4.78 is 38.5. The van der Waals surface area contributed by atoms with Gasteiger partial charge in [-0.1, -0.05) is 157 Å². The summed E-state index contributed by atoms with van der Waals surface area (Å²) in [6.45, 7) is 16.5. The van der Waals surface area contributed by atoms with Gasteiger partial charge in [-0.05, 0) is 62.3 Å². The Morgan fingerprint density at radius 2 is 0.733 bits per heavy atom. The molecule has 2 aromatic rings. The number of anilines is 1. The Balaban J connectivity index is 2.61. The third-order valence-electron chi connectivity index (χ3n) is 10.3. The molecule has 0 N–H and O–H groups in total. The summed E-state index contributed by atoms with van der Waals surface area (Å²) in [5, 5.41) is 5.09. The predicted molar refractivity (Wildman–Crippen MR) is 252 cm³/mol. The van der Waals surface area contributed by atoms with Crippen molar-refractivity contribution in [1.82, 2.24) is 0 Å². The third-order valence-corrected chi connectivity index (χ3v) is 10.5. The number of unbranched alkanes of at least 4 members (excludes halogenated alkanes) is 18. The summed E-state index contributed by atoms with van der Waals surface area (Å²) >= 11 is 6.34. The van der Waals surface area contributed by atoms with E-state index in [0.29, 0.717) is 85.4 Å². The summed E-state index contributed by atoms with van der Waals surface area (Å²) in [5.74, 6) is 3.41. The molecule has 2 aromatic carbocycles. The summed E-state index contributed by atoms with van der Waals surface area (Å²) in [6, 6.07) is 7.40. The number of amides is 1. The normalized spacial score (nSPS) is 11.2. The van der Waals surface area contributed by atoms with Crippen LogP contribution < -0.4 is 33.4 Å². The van der Waals surface area contributed by atoms with E-state index in [0.717, 1.165) is 148 Å². The first-order chi connectivity index (χ1) is 29.4. The molecule has 0 heterocycles. The van der Waals surface area contributed by atoms with Crippen LogP contribution in [0, 0.1) is 0 Å². The van der Waals surface area contributed by atoms with Crippen LogP contribution >= 0.6 is 11.6 Å². The van der Waals surface area contributed by atoms with Crippen molar-refractivity contribution in [2.24, 2.45) is 5.10 Å². The highest BCUT2D eigenvalue weighted by atomic mass is 35.5. The minimum Gasteiger partial charge on any atom is -0.490 e. The van der Waals surface area contributed by atoms with Crippen molar-refractivity contribution in [3.05, 3.63) is 29.8 Å². The van der Waals surface area contributed by atoms with E-state index in [2.05, 4.69) is 46.6 Å². The van der Waals surface area contributed by atoms with E-state index < -0.39 is 5.37 Å². The van der Waals surface area contributed by atoms with Gasteiger partial charge in [0.15, 0.2) is 23.0 Å². The maximum absolute atomic E-state index is 13.2. The fraction of sp³-hybridized carbons (Fsp3) is 0.720. The average molecular weight is 860 g/mol. The van der Waals surface area contributed by atoms with Crippen molar-refractivity contribution >= 4 is 28.9 Å². The summed E-state index contributed by atoms with van der Waals surface area (Å²) in [5.41, 5.74) is 1.11. The molecule has 0 saturated heterocycles. The zero-order valence-electron chi connectivity index (χ0n) is 38.7. The Morgan fingerprint density at radius 1 is 0.450 bits per heavy atom. The summed E-state index contributed by atoms with van der Waals surface area (Å²) in [7, 11) is 0. The van der Waals surface area contributed by atoms with E-state index in [1.165, 1.54) is 11.4 Å². The lowest BCUT2D eigenvalue weighted by molar-refractivity contribution is 0.234. The highest BCUT2D eigenvalue weighted by Gasteiger charge is 2.22. The summed E-state index contributed by atoms with van der Waals surface area (Å²) in [6.07, 6.45) is 27.5. The van der Waals surface area contributed by atoms with E-state index in [9.17, 15) is 4.79 Å². The summed E-state index contributed by atoms with van der Waals surface area (Å²) in [4.78, 5) is 13.2. The second kappa shape index (κ2) is 35.3. The molecule has 0 aliphatic rings. The minimum absolute atomic E-state index is 0.420. The molecule has 0 aromatic heterocycles. The number of carbonyl (C=O) groups is 1. The SMILES string of the molecule is CCCCCCOc1cc(/C=N/N(C(=O)Cl)c2cc(OCCCCCC)c(OCCCCCC)c(OCCCCCC)c2)cc(OCCCCCC)c1OCCCCCC. The van der Waals surface area contributed by atoms with E-state index in [4.69, 9.17) is 40.0 Å². The van der Waals surface area contributed by atoms with E-state index >= 15 is 0 Å². The van der Waals surface area contributed by atoms with Crippen molar-refractivity contribution in [1.29, 1.82) is 0 Å². The van der Waals surface area contributed by atoms with Gasteiger partial charge in [-0.15, -0.1) is 0 Å². The van der Waals surface area contributed by atoms with Crippen molar-refractivity contribution in [3.8, 4) is 34.5 Å². The monoisotopic (exact) mass is 859 g/mol. The topological polar surface area (TPSA) is 88.1 Å². The zero-order chi connectivity index (χ0) is 43.5. The first-order valence-corrected chi connectivity index (χ1v) is 24.5. The molecule has 0 saturated carbocycles. The predicted octanol–water partition coefficient (Wildman–Crippen LogP) is 15.6. The zero-order valence-corrected chi connectivity index (χ0v) is 39.5. The van der Waals surface area contributed by atoms with Crippen LogP contribution in [-0.4, -0.2) is 51.2 Å². The molecule has 60 heavy (non-hydrogen) atoms. The van der Waals surface area contributed by atoms with Gasteiger partial charge in [0.05, 0.1) is 51.5 Å². The second-order valence-corrected chi connectivity index (χ2v) is 16.2. The van der Waals surface area contributed by atoms with Crippen molar-refractivity contribution < 1.29 is 33.2 Å². The molecule has 1 amide bonds. The average Bonchev–Trinajstić information content (AvgIpc) is 3.24. The molecule has 0 radical (unpaired) electrons. The molecule has 0 bridgehead atoms. The van der Waals surface area contributed by atoms with Gasteiger partial charge in [-0.25, -0.2) is 0 Å². The number of hydrogen-bond acceptors (Lipinski definition) is 8. The Bertz CT molecular complexity index is 1350. The maximum Gasteiger partial charge on any atom is 0.341 e. The van der Waals surface area contributed by atoms with E-state index in [-0.39, 0.29) is 0 Å². The number of nitrogens with zero attached hydrogens (tertiary/aromatic N) is 2. The van der Waals surface area contributed by atoms with Crippen molar-refractivity contribution in [3.63, 3.8) is 0 Å². The number of hydrogen-bond donors (Lipinski definition) is 0. The van der Waals surface area contributed by atoms with Crippen LogP contribution in [-0.2, 0) is 0 Å². The second-order valence-electron chi connectivity index (χ2n) is 15.9. The van der Waals surface area contributed by atoms with Gasteiger partial charge in [0.25, 0.3) is 0 Å². The van der Waals surface area contributed by atoms with Crippen LogP contribution in [0.2, 0.25) is 0 Å². The Hall–Kier alpha value is -3.33. The molecule has 0 aliphatic heterocycles. The lowest BCUT2D eigenvalue weighted by Crippen LogP contribution is -2.20. The molecule has 0 fully saturated rings. The highest BCUT2D eigenvalue weighted by molar-refractivity contribution is 6.66. The van der Waals surface area contributed by atoms with Gasteiger partial charge in [-0.3, -0.25) is 4.79 Å². The van der Waals surface area contributed by atoms with Crippen LogP contribution in [0.15, 0.2) is 29.4 Å². The molecule has 0 spiro atoms. The van der Waals surface area contributed by atoms with Crippen LogP contribution in [0.5, 0.6) is 34.5 Å². The minimum atomic E-state index is -0.769. The fourth-order valence-electron chi connectivity index (χ4n) is 6.66. The maximum atomic E-state index is 13.2. The van der Waals surface area contributed by atoms with E-state index in [1.54, 1.807) is 18.3 Å². The van der Waals surface area contributed by atoms with Crippen LogP contribution in [0.1, 0.15) is 201 Å². The lowest BCUT2D eigenvalue weighted by atomic mass is 10.1. The Labute approximate surface area is 370 Å². The molecule has 9 nitrogen and oxygen atoms in total. The Morgan fingerprint density at radius 3 is 1.02 bits per heavy atom. The first kappa shape index (κ1) is 52.8. The van der Waals surface area contributed by atoms with Gasteiger partial charge in [0.1, 0.15) is 0 Å². The Kier molecular flexibility index (Phi) is 31.1. The van der Waals surface area contributed by atoms with Crippen LogP contribution in [0.25, 0.3) is 0 Å². The number of ether oxygens (including phenoxy) is 6. The van der Waals surface area contributed by atoms with Crippen molar-refractivity contribution in [2.75, 3.05) is 44.7 Å². The molecule has 10 heteroatoms. The van der Waals surface area contributed by atoms with Gasteiger partial charge >= 0.3 is 5.37 Å². The van der Waals surface area contributed by atoms with Gasteiger partial charge < -0.3 is 28.4 Å². The number of hydrazone groups is 1. The smallest absolute Gasteiger partial charge is 0.341 e.